The molecule has 1 rings (SSSR count). The van der Waals surface area contributed by atoms with Gasteiger partial charge in [-0.15, -0.1) is 0 Å². The van der Waals surface area contributed by atoms with Crippen LogP contribution in [0.5, 0.6) is 5.75 Å². The first kappa shape index (κ1) is 36.8. The van der Waals surface area contributed by atoms with E-state index in [4.69, 9.17) is 18.5 Å². The first-order chi connectivity index (χ1) is 19.4. The average Bonchev–Trinajstić information content (AvgIpc) is 2.93. The molecule has 2 unspecified atom stereocenters. The Morgan fingerprint density at radius 2 is 1.40 bits per heavy atom. The van der Waals surface area contributed by atoms with Gasteiger partial charge >= 0.3 is 14.6 Å². The van der Waals surface area contributed by atoms with Crippen molar-refractivity contribution >= 4 is 14.6 Å². The molecule has 232 valence electrons. The minimum Gasteiger partial charge on any atom is -0.489 e. The lowest BCUT2D eigenvalue weighted by Crippen LogP contribution is -3.05. The minimum atomic E-state index is -2.02. The summed E-state index contributed by atoms with van der Waals surface area (Å²) in [6.45, 7) is 5.18. The molecule has 0 aromatic heterocycles. The van der Waals surface area contributed by atoms with E-state index in [1.807, 2.05) is 18.2 Å². The molecule has 0 radical (unpaired) electrons. The molecule has 1 aromatic carbocycles. The number of aryl methyl sites for hydroxylation is 1. The van der Waals surface area contributed by atoms with Crippen LogP contribution in [-0.4, -0.2) is 57.4 Å². The second-order valence-electron chi connectivity index (χ2n) is 11.2. The molecule has 0 fully saturated rings. The molecular formula is C32H59NO6P+. The molecule has 0 spiro atoms. The van der Waals surface area contributed by atoms with E-state index in [0.717, 1.165) is 31.6 Å². The van der Waals surface area contributed by atoms with Gasteiger partial charge in [0.1, 0.15) is 12.4 Å². The normalized spacial score (nSPS) is 12.9. The van der Waals surface area contributed by atoms with Crippen LogP contribution in [0, 0.1) is 0 Å². The van der Waals surface area contributed by atoms with E-state index in [-0.39, 0.29) is 13.2 Å². The molecular weight excluding hydrogens is 525 g/mol. The highest BCUT2D eigenvalue weighted by Gasteiger charge is 2.18. The molecule has 0 aliphatic carbocycles. The SMILES string of the molecule is CCCCCCCCCCCCCCCCc1ccccc1OCC(COP(O)OCCC[NH+](C)C)OC(C)=O. The summed E-state index contributed by atoms with van der Waals surface area (Å²) in [4.78, 5) is 22.9. The molecule has 0 amide bonds. The number of unbranched alkanes of at least 4 members (excludes halogenated alkanes) is 13. The molecule has 8 heteroatoms. The number of quaternary nitrogens is 1. The number of benzene rings is 1. The maximum atomic E-state index is 11.6. The molecule has 0 bridgehead atoms. The average molecular weight is 585 g/mol. The lowest BCUT2D eigenvalue weighted by atomic mass is 10.0. The van der Waals surface area contributed by atoms with Gasteiger partial charge in [0.15, 0.2) is 6.10 Å². The van der Waals surface area contributed by atoms with Crippen molar-refractivity contribution < 1.29 is 33.1 Å². The zero-order valence-corrected chi connectivity index (χ0v) is 26.9. The highest BCUT2D eigenvalue weighted by molar-refractivity contribution is 7.40. The van der Waals surface area contributed by atoms with E-state index in [2.05, 4.69) is 27.1 Å². The summed E-state index contributed by atoms with van der Waals surface area (Å²) >= 11 is 0. The van der Waals surface area contributed by atoms with E-state index >= 15 is 0 Å². The summed E-state index contributed by atoms with van der Waals surface area (Å²) in [7, 11) is 2.12. The van der Waals surface area contributed by atoms with Gasteiger partial charge in [-0.05, 0) is 24.5 Å². The second-order valence-corrected chi connectivity index (χ2v) is 12.2. The second kappa shape index (κ2) is 25.5. The third-order valence-corrected chi connectivity index (χ3v) is 7.70. The predicted octanol–water partition coefficient (Wildman–Crippen LogP) is 6.81. The summed E-state index contributed by atoms with van der Waals surface area (Å²) in [5.74, 6) is 0.396. The van der Waals surface area contributed by atoms with Crippen molar-refractivity contribution in [1.82, 2.24) is 0 Å². The van der Waals surface area contributed by atoms with E-state index < -0.39 is 20.7 Å². The number of para-hydroxylation sites is 1. The third kappa shape index (κ3) is 21.5. The molecule has 40 heavy (non-hydrogen) atoms. The molecule has 0 aliphatic heterocycles. The Balaban J connectivity index is 2.25. The van der Waals surface area contributed by atoms with Gasteiger partial charge in [0, 0.05) is 13.3 Å². The van der Waals surface area contributed by atoms with Crippen molar-refractivity contribution in [3.63, 3.8) is 0 Å². The Morgan fingerprint density at radius 3 is 1.98 bits per heavy atom. The maximum absolute atomic E-state index is 11.6. The third-order valence-electron chi connectivity index (χ3n) is 6.92. The van der Waals surface area contributed by atoms with Crippen LogP contribution < -0.4 is 9.64 Å². The van der Waals surface area contributed by atoms with Crippen LogP contribution in [-0.2, 0) is 25.0 Å². The fourth-order valence-corrected chi connectivity index (χ4v) is 5.30. The van der Waals surface area contributed by atoms with Gasteiger partial charge in [0.2, 0.25) is 0 Å². The lowest BCUT2D eigenvalue weighted by molar-refractivity contribution is -0.858. The van der Waals surface area contributed by atoms with Gasteiger partial charge in [-0.25, -0.2) is 0 Å². The maximum Gasteiger partial charge on any atom is 0.329 e. The van der Waals surface area contributed by atoms with Gasteiger partial charge in [0.05, 0.1) is 33.9 Å². The molecule has 7 nitrogen and oxygen atoms in total. The van der Waals surface area contributed by atoms with Crippen molar-refractivity contribution in [2.75, 3.05) is 40.5 Å². The van der Waals surface area contributed by atoms with E-state index in [1.165, 1.54) is 101 Å². The number of carbonyl (C=O) groups is 1. The molecule has 0 aliphatic rings. The molecule has 0 heterocycles. The standard InChI is InChI=1S/C32H58NO6P/c1-5-6-7-8-9-10-11-12-13-14-15-16-17-18-22-30-23-19-20-24-32(30)36-27-31(39-29(2)34)28-38-40(35)37-26-21-25-33(3)4/h19-20,23-24,31,35H,5-18,21-22,25-28H2,1-4H3/p+1. The minimum absolute atomic E-state index is 0.0157. The highest BCUT2D eigenvalue weighted by Crippen LogP contribution is 2.33. The smallest absolute Gasteiger partial charge is 0.329 e. The van der Waals surface area contributed by atoms with Crippen molar-refractivity contribution in [1.29, 1.82) is 0 Å². The molecule has 0 saturated heterocycles. The summed E-state index contributed by atoms with van der Waals surface area (Å²) in [5, 5.41) is 0. The van der Waals surface area contributed by atoms with Crippen LogP contribution >= 0.6 is 8.60 Å². The summed E-state index contributed by atoms with van der Waals surface area (Å²) < 4.78 is 22.2. The number of ether oxygens (including phenoxy) is 2. The quantitative estimate of drug-likeness (QED) is 0.0672. The fourth-order valence-electron chi connectivity index (χ4n) is 4.65. The van der Waals surface area contributed by atoms with Crippen LogP contribution in [0.25, 0.3) is 0 Å². The summed E-state index contributed by atoms with van der Waals surface area (Å²) in [5.41, 5.74) is 1.17. The number of hydrogen-bond donors (Lipinski definition) is 2. The van der Waals surface area contributed by atoms with Gasteiger partial charge < -0.3 is 28.3 Å². The van der Waals surface area contributed by atoms with Crippen molar-refractivity contribution in [2.45, 2.75) is 123 Å². The number of hydrogen-bond acceptors (Lipinski definition) is 6. The number of rotatable bonds is 27. The van der Waals surface area contributed by atoms with Crippen LogP contribution in [0.1, 0.15) is 116 Å². The Hall–Kier alpha value is -1.24. The number of carbonyl (C=O) groups excluding carboxylic acids is 1. The Kier molecular flexibility index (Phi) is 23.4. The van der Waals surface area contributed by atoms with Crippen LogP contribution in [0.3, 0.4) is 0 Å². The predicted molar refractivity (Wildman–Crippen MR) is 165 cm³/mol. The monoisotopic (exact) mass is 584 g/mol. The van der Waals surface area contributed by atoms with Crippen LogP contribution in [0.15, 0.2) is 24.3 Å². The first-order valence-electron chi connectivity index (χ1n) is 15.8. The molecule has 2 atom stereocenters. The number of esters is 1. The zero-order valence-electron chi connectivity index (χ0n) is 26.0. The Labute approximate surface area is 246 Å². The highest BCUT2D eigenvalue weighted by atomic mass is 31.2. The fraction of sp³-hybridized carbons (Fsp3) is 0.781. The largest absolute Gasteiger partial charge is 0.489 e. The Bertz CT molecular complexity index is 735. The van der Waals surface area contributed by atoms with Crippen molar-refractivity contribution in [3.05, 3.63) is 29.8 Å². The topological polar surface area (TPSA) is 78.7 Å². The summed E-state index contributed by atoms with van der Waals surface area (Å²) in [6.07, 6.45) is 20.1. The first-order valence-corrected chi connectivity index (χ1v) is 17.0. The summed E-state index contributed by atoms with van der Waals surface area (Å²) in [6, 6.07) is 8.05. The van der Waals surface area contributed by atoms with Gasteiger partial charge in [-0.3, -0.25) is 4.79 Å². The van der Waals surface area contributed by atoms with Gasteiger partial charge in [0.25, 0.3) is 0 Å². The van der Waals surface area contributed by atoms with Crippen molar-refractivity contribution in [3.8, 4) is 5.75 Å². The van der Waals surface area contributed by atoms with E-state index in [9.17, 15) is 9.69 Å². The van der Waals surface area contributed by atoms with E-state index in [0.29, 0.717) is 6.61 Å². The van der Waals surface area contributed by atoms with Gasteiger partial charge in [-0.2, -0.15) is 0 Å². The Morgan fingerprint density at radius 1 is 0.825 bits per heavy atom. The molecule has 1 aromatic rings. The number of nitrogens with one attached hydrogen (secondary N) is 1. The zero-order chi connectivity index (χ0) is 29.3. The lowest BCUT2D eigenvalue weighted by Gasteiger charge is -2.20. The molecule has 0 saturated carbocycles. The van der Waals surface area contributed by atoms with Crippen molar-refractivity contribution in [2.24, 2.45) is 0 Å². The van der Waals surface area contributed by atoms with E-state index in [1.54, 1.807) is 0 Å². The molecule has 2 N–H and O–H groups in total. The van der Waals surface area contributed by atoms with Crippen LogP contribution in [0.4, 0.5) is 0 Å². The van der Waals surface area contributed by atoms with Crippen LogP contribution in [0.2, 0.25) is 0 Å². The van der Waals surface area contributed by atoms with Gasteiger partial charge in [-0.1, -0.05) is 109 Å².